The SMILES string of the molecule is CC(=CCc1ccccc1C=CC(=O)c1ccccc1)CCC=C(CO)C(O)(O)O. The van der Waals surface area contributed by atoms with E-state index in [9.17, 15) is 4.79 Å². The quantitative estimate of drug-likeness (QED) is 0.209. The van der Waals surface area contributed by atoms with Crippen molar-refractivity contribution in [2.24, 2.45) is 0 Å². The number of carbonyl (C=O) groups is 1. The summed E-state index contributed by atoms with van der Waals surface area (Å²) in [6.45, 7) is 1.33. The van der Waals surface area contributed by atoms with E-state index in [4.69, 9.17) is 20.4 Å². The maximum Gasteiger partial charge on any atom is 0.302 e. The Morgan fingerprint density at radius 2 is 1.63 bits per heavy atom. The van der Waals surface area contributed by atoms with Gasteiger partial charge in [-0.25, -0.2) is 0 Å². The van der Waals surface area contributed by atoms with Crippen molar-refractivity contribution in [2.45, 2.75) is 32.2 Å². The first-order valence-corrected chi connectivity index (χ1v) is 9.79. The van der Waals surface area contributed by atoms with Gasteiger partial charge in [0.15, 0.2) is 5.78 Å². The normalized spacial score (nSPS) is 13.1. The lowest BCUT2D eigenvalue weighted by Crippen LogP contribution is -2.31. The molecule has 0 spiro atoms. The molecule has 0 atom stereocenters. The molecule has 2 rings (SSSR count). The zero-order valence-corrected chi connectivity index (χ0v) is 17.0. The molecule has 2 aromatic rings. The second kappa shape index (κ2) is 11.4. The third-order valence-electron chi connectivity index (χ3n) is 4.73. The Balaban J connectivity index is 2.01. The molecule has 158 valence electrons. The maximum atomic E-state index is 12.3. The zero-order chi connectivity index (χ0) is 22.0. The van der Waals surface area contributed by atoms with Gasteiger partial charge in [0.05, 0.1) is 6.61 Å². The van der Waals surface area contributed by atoms with Gasteiger partial charge in [0.25, 0.3) is 0 Å². The zero-order valence-electron chi connectivity index (χ0n) is 17.0. The molecule has 5 heteroatoms. The molecule has 0 fully saturated rings. The third kappa shape index (κ3) is 7.54. The predicted octanol–water partition coefficient (Wildman–Crippen LogP) is 3.40. The van der Waals surface area contributed by atoms with Crippen LogP contribution in [0.1, 0.15) is 41.3 Å². The van der Waals surface area contributed by atoms with E-state index in [2.05, 4.69) is 6.08 Å². The molecule has 0 radical (unpaired) electrons. The standard InChI is InChI=1S/C25H28O5/c1-19(8-7-13-23(18-26)25(28,29)30)14-15-20-9-5-6-10-21(20)16-17-24(27)22-11-3-2-4-12-22/h2-6,9-14,16-17,26,28-30H,7-8,15,18H2,1H3. The molecule has 0 aliphatic heterocycles. The molecule has 0 heterocycles. The molecule has 0 bridgehead atoms. The van der Waals surface area contributed by atoms with Gasteiger partial charge in [0.2, 0.25) is 0 Å². The van der Waals surface area contributed by atoms with Crippen molar-refractivity contribution >= 4 is 11.9 Å². The van der Waals surface area contributed by atoms with E-state index < -0.39 is 12.6 Å². The summed E-state index contributed by atoms with van der Waals surface area (Å²) in [5.74, 6) is -3.04. The highest BCUT2D eigenvalue weighted by Gasteiger charge is 2.23. The summed E-state index contributed by atoms with van der Waals surface area (Å²) in [4.78, 5) is 12.3. The highest BCUT2D eigenvalue weighted by molar-refractivity contribution is 6.06. The summed E-state index contributed by atoms with van der Waals surface area (Å²) in [5, 5.41) is 36.5. The van der Waals surface area contributed by atoms with Crippen molar-refractivity contribution < 1.29 is 25.2 Å². The number of aliphatic hydroxyl groups is 4. The van der Waals surface area contributed by atoms with Gasteiger partial charge in [-0.2, -0.15) is 0 Å². The lowest BCUT2D eigenvalue weighted by Gasteiger charge is -2.16. The highest BCUT2D eigenvalue weighted by Crippen LogP contribution is 2.16. The number of benzene rings is 2. The lowest BCUT2D eigenvalue weighted by molar-refractivity contribution is -0.284. The fourth-order valence-corrected chi connectivity index (χ4v) is 2.91. The summed E-state index contributed by atoms with van der Waals surface area (Å²) in [5.41, 5.74) is 3.55. The van der Waals surface area contributed by atoms with Crippen molar-refractivity contribution in [1.82, 2.24) is 0 Å². The maximum absolute atomic E-state index is 12.3. The Hall–Kier alpha value is -2.83. The second-order valence-corrected chi connectivity index (χ2v) is 7.08. The minimum atomic E-state index is -2.99. The minimum Gasteiger partial charge on any atom is -0.392 e. The Morgan fingerprint density at radius 1 is 0.967 bits per heavy atom. The number of hydrogen-bond acceptors (Lipinski definition) is 5. The first kappa shape index (κ1) is 23.4. The van der Waals surface area contributed by atoms with E-state index in [0.717, 1.165) is 16.7 Å². The summed E-state index contributed by atoms with van der Waals surface area (Å²) >= 11 is 0. The van der Waals surface area contributed by atoms with Crippen LogP contribution in [0.5, 0.6) is 0 Å². The van der Waals surface area contributed by atoms with Gasteiger partial charge >= 0.3 is 5.97 Å². The van der Waals surface area contributed by atoms with Gasteiger partial charge in [0.1, 0.15) is 0 Å². The highest BCUT2D eigenvalue weighted by atomic mass is 16.7. The Kier molecular flexibility index (Phi) is 8.89. The van der Waals surface area contributed by atoms with Crippen LogP contribution >= 0.6 is 0 Å². The van der Waals surface area contributed by atoms with Crippen LogP contribution in [-0.4, -0.2) is 38.8 Å². The van der Waals surface area contributed by atoms with Crippen molar-refractivity contribution in [3.8, 4) is 0 Å². The summed E-state index contributed by atoms with van der Waals surface area (Å²) in [7, 11) is 0. The number of hydrogen-bond donors (Lipinski definition) is 4. The van der Waals surface area contributed by atoms with Crippen LogP contribution in [0.4, 0.5) is 0 Å². The minimum absolute atomic E-state index is 0.0451. The number of carbonyl (C=O) groups excluding carboxylic acids is 1. The third-order valence-corrected chi connectivity index (χ3v) is 4.73. The van der Waals surface area contributed by atoms with Gasteiger partial charge in [0, 0.05) is 11.1 Å². The number of aliphatic hydroxyl groups excluding tert-OH is 1. The molecule has 0 aliphatic rings. The largest absolute Gasteiger partial charge is 0.392 e. The predicted molar refractivity (Wildman–Crippen MR) is 117 cm³/mol. The van der Waals surface area contributed by atoms with Gasteiger partial charge in [-0.1, -0.05) is 78.4 Å². The lowest BCUT2D eigenvalue weighted by atomic mass is 10.0. The number of rotatable bonds is 10. The van der Waals surface area contributed by atoms with Crippen LogP contribution in [0.2, 0.25) is 0 Å². The van der Waals surface area contributed by atoms with Crippen LogP contribution in [0.25, 0.3) is 6.08 Å². The van der Waals surface area contributed by atoms with Crippen molar-refractivity contribution in [3.05, 3.63) is 101 Å². The van der Waals surface area contributed by atoms with E-state index in [0.29, 0.717) is 24.8 Å². The molecule has 0 saturated carbocycles. The smallest absolute Gasteiger partial charge is 0.302 e. The average molecular weight is 408 g/mol. The van der Waals surface area contributed by atoms with Crippen molar-refractivity contribution in [3.63, 3.8) is 0 Å². The van der Waals surface area contributed by atoms with Crippen LogP contribution in [0, 0.1) is 0 Å². The first-order chi connectivity index (χ1) is 14.3. The number of allylic oxidation sites excluding steroid dienone is 4. The monoisotopic (exact) mass is 408 g/mol. The van der Waals surface area contributed by atoms with Gasteiger partial charge in [-0.15, -0.1) is 0 Å². The van der Waals surface area contributed by atoms with Gasteiger partial charge in [-0.05, 0) is 43.4 Å². The molecule has 2 aromatic carbocycles. The van der Waals surface area contributed by atoms with E-state index in [1.165, 1.54) is 6.08 Å². The average Bonchev–Trinajstić information content (AvgIpc) is 2.73. The fourth-order valence-electron chi connectivity index (χ4n) is 2.91. The number of ketones is 1. The van der Waals surface area contributed by atoms with E-state index in [-0.39, 0.29) is 11.4 Å². The molecular formula is C25H28O5. The Morgan fingerprint density at radius 3 is 2.30 bits per heavy atom. The molecular weight excluding hydrogens is 380 g/mol. The summed E-state index contributed by atoms with van der Waals surface area (Å²) in [6, 6.07) is 17.0. The molecule has 5 nitrogen and oxygen atoms in total. The molecule has 30 heavy (non-hydrogen) atoms. The summed E-state index contributed by atoms with van der Waals surface area (Å²) < 4.78 is 0. The molecule has 0 amide bonds. The first-order valence-electron chi connectivity index (χ1n) is 9.79. The van der Waals surface area contributed by atoms with E-state index in [1.807, 2.05) is 55.5 Å². The summed E-state index contributed by atoms with van der Waals surface area (Å²) in [6.07, 6.45) is 8.68. The van der Waals surface area contributed by atoms with E-state index in [1.54, 1.807) is 18.2 Å². The molecule has 0 aromatic heterocycles. The molecule has 4 N–H and O–H groups in total. The van der Waals surface area contributed by atoms with Crippen LogP contribution < -0.4 is 0 Å². The fraction of sp³-hybridized carbons (Fsp3) is 0.240. The van der Waals surface area contributed by atoms with Crippen LogP contribution in [0.3, 0.4) is 0 Å². The second-order valence-electron chi connectivity index (χ2n) is 7.08. The Labute approximate surface area is 177 Å². The van der Waals surface area contributed by atoms with Gasteiger partial charge in [-0.3, -0.25) is 4.79 Å². The van der Waals surface area contributed by atoms with Crippen molar-refractivity contribution in [1.29, 1.82) is 0 Å². The van der Waals surface area contributed by atoms with Gasteiger partial charge < -0.3 is 20.4 Å². The molecule has 0 saturated heterocycles. The van der Waals surface area contributed by atoms with Crippen LogP contribution in [0.15, 0.2) is 84.0 Å². The topological polar surface area (TPSA) is 98.0 Å². The molecule has 0 unspecified atom stereocenters. The van der Waals surface area contributed by atoms with Crippen LogP contribution in [-0.2, 0) is 6.42 Å². The van der Waals surface area contributed by atoms with E-state index >= 15 is 0 Å². The van der Waals surface area contributed by atoms with Crippen molar-refractivity contribution in [2.75, 3.05) is 6.61 Å². The molecule has 0 aliphatic carbocycles. The Bertz CT molecular complexity index is 918.